The molecular weight excluding hydrogens is 288 g/mol. The number of benzene rings is 1. The van der Waals surface area contributed by atoms with Gasteiger partial charge in [0.25, 0.3) is 0 Å². The van der Waals surface area contributed by atoms with Gasteiger partial charge in [0.15, 0.2) is 0 Å². The summed E-state index contributed by atoms with van der Waals surface area (Å²) in [4.78, 5) is 2.25. The van der Waals surface area contributed by atoms with Crippen molar-refractivity contribution in [3.8, 4) is 0 Å². The van der Waals surface area contributed by atoms with E-state index in [1.807, 2.05) is 37.3 Å². The molecule has 1 saturated heterocycles. The molecular formula is C15H24N2O3S. The molecule has 6 heteroatoms. The lowest BCUT2D eigenvalue weighted by Gasteiger charge is -2.33. The number of hydrogen-bond donors (Lipinski definition) is 0. The Bertz CT molecular complexity index is 511. The van der Waals surface area contributed by atoms with Crippen LogP contribution in [0.3, 0.4) is 0 Å². The number of ether oxygens (including phenoxy) is 1. The highest BCUT2D eigenvalue weighted by Gasteiger charge is 2.26. The van der Waals surface area contributed by atoms with E-state index in [9.17, 15) is 8.42 Å². The predicted octanol–water partition coefficient (Wildman–Crippen LogP) is 1.17. The summed E-state index contributed by atoms with van der Waals surface area (Å²) in [6, 6.07) is 9.35. The molecule has 0 unspecified atom stereocenters. The largest absolute Gasteiger partial charge is 0.380 e. The second-order valence-corrected chi connectivity index (χ2v) is 7.15. The number of sulfonamides is 1. The summed E-state index contributed by atoms with van der Waals surface area (Å²) in [5, 5.41) is 0. The van der Waals surface area contributed by atoms with Crippen molar-refractivity contribution in [1.29, 1.82) is 0 Å². The van der Waals surface area contributed by atoms with Gasteiger partial charge >= 0.3 is 0 Å². The molecule has 0 aliphatic carbocycles. The van der Waals surface area contributed by atoms with Gasteiger partial charge in [-0.15, -0.1) is 0 Å². The van der Waals surface area contributed by atoms with Gasteiger partial charge in [-0.3, -0.25) is 4.90 Å². The fourth-order valence-electron chi connectivity index (χ4n) is 2.45. The minimum absolute atomic E-state index is 0.0901. The summed E-state index contributed by atoms with van der Waals surface area (Å²) >= 11 is 0. The molecule has 1 aliphatic rings. The molecule has 1 aromatic carbocycles. The highest BCUT2D eigenvalue weighted by atomic mass is 32.2. The Labute approximate surface area is 127 Å². The molecule has 1 heterocycles. The fraction of sp³-hybridized carbons (Fsp3) is 0.600. The zero-order chi connectivity index (χ0) is 15.1. The third kappa shape index (κ3) is 5.07. The molecule has 0 saturated carbocycles. The van der Waals surface area contributed by atoms with Gasteiger partial charge in [-0.1, -0.05) is 30.3 Å². The molecule has 0 N–H and O–H groups in total. The number of rotatable bonds is 7. The molecule has 0 radical (unpaired) electrons. The third-order valence-electron chi connectivity index (χ3n) is 3.67. The Morgan fingerprint density at radius 2 is 1.76 bits per heavy atom. The summed E-state index contributed by atoms with van der Waals surface area (Å²) in [7, 11) is -3.21. The van der Waals surface area contributed by atoms with Crippen LogP contribution < -0.4 is 0 Å². The van der Waals surface area contributed by atoms with Crippen LogP contribution in [-0.4, -0.2) is 63.6 Å². The standard InChI is InChI=1S/C15H24N2O3S/c1-2-20-13-12-16-8-10-17(11-9-16)21(18,19)14-15-6-4-3-5-7-15/h3-7H,2,8-14H2,1H3. The molecule has 1 aliphatic heterocycles. The van der Waals surface area contributed by atoms with Gasteiger partial charge in [0.2, 0.25) is 10.0 Å². The maximum Gasteiger partial charge on any atom is 0.218 e. The van der Waals surface area contributed by atoms with Crippen molar-refractivity contribution in [2.75, 3.05) is 45.9 Å². The summed E-state index contributed by atoms with van der Waals surface area (Å²) in [6.07, 6.45) is 0. The molecule has 118 valence electrons. The highest BCUT2D eigenvalue weighted by molar-refractivity contribution is 7.88. The van der Waals surface area contributed by atoms with Crippen LogP contribution in [0, 0.1) is 0 Å². The molecule has 0 atom stereocenters. The number of nitrogens with zero attached hydrogens (tertiary/aromatic N) is 2. The van der Waals surface area contributed by atoms with E-state index in [0.29, 0.717) is 19.7 Å². The van der Waals surface area contributed by atoms with Gasteiger partial charge in [0, 0.05) is 39.3 Å². The van der Waals surface area contributed by atoms with Crippen molar-refractivity contribution in [1.82, 2.24) is 9.21 Å². The van der Waals surface area contributed by atoms with Crippen molar-refractivity contribution in [2.45, 2.75) is 12.7 Å². The lowest BCUT2D eigenvalue weighted by Crippen LogP contribution is -2.49. The average molecular weight is 312 g/mol. The summed E-state index contributed by atoms with van der Waals surface area (Å²) in [6.45, 7) is 7.00. The Balaban J connectivity index is 1.83. The monoisotopic (exact) mass is 312 g/mol. The smallest absolute Gasteiger partial charge is 0.218 e. The highest BCUT2D eigenvalue weighted by Crippen LogP contribution is 2.13. The number of hydrogen-bond acceptors (Lipinski definition) is 4. The molecule has 0 spiro atoms. The van der Waals surface area contributed by atoms with Crippen molar-refractivity contribution >= 4 is 10.0 Å². The van der Waals surface area contributed by atoms with Crippen LogP contribution >= 0.6 is 0 Å². The predicted molar refractivity (Wildman–Crippen MR) is 83.6 cm³/mol. The summed E-state index contributed by atoms with van der Waals surface area (Å²) < 4.78 is 31.8. The van der Waals surface area contributed by atoms with Crippen LogP contribution in [-0.2, 0) is 20.5 Å². The van der Waals surface area contributed by atoms with E-state index in [2.05, 4.69) is 4.90 Å². The zero-order valence-corrected chi connectivity index (χ0v) is 13.4. The Morgan fingerprint density at radius 1 is 1.10 bits per heavy atom. The normalized spacial score (nSPS) is 18.0. The topological polar surface area (TPSA) is 49.9 Å². The Morgan fingerprint density at radius 3 is 2.38 bits per heavy atom. The van der Waals surface area contributed by atoms with E-state index in [-0.39, 0.29) is 5.75 Å². The van der Waals surface area contributed by atoms with Gasteiger partial charge in [0.1, 0.15) is 0 Å². The van der Waals surface area contributed by atoms with Crippen LogP contribution in [0.15, 0.2) is 30.3 Å². The minimum atomic E-state index is -3.21. The first-order valence-electron chi connectivity index (χ1n) is 7.43. The van der Waals surface area contributed by atoms with Gasteiger partial charge in [-0.05, 0) is 12.5 Å². The fourth-order valence-corrected chi connectivity index (χ4v) is 3.96. The third-order valence-corrected chi connectivity index (χ3v) is 5.52. The van der Waals surface area contributed by atoms with E-state index in [0.717, 1.165) is 31.8 Å². The molecule has 0 aromatic heterocycles. The Hall–Kier alpha value is -0.950. The van der Waals surface area contributed by atoms with Crippen molar-refractivity contribution in [2.24, 2.45) is 0 Å². The molecule has 0 bridgehead atoms. The first kappa shape index (κ1) is 16.4. The van der Waals surface area contributed by atoms with E-state index in [1.54, 1.807) is 4.31 Å². The van der Waals surface area contributed by atoms with Crippen LogP contribution in [0.25, 0.3) is 0 Å². The SMILES string of the molecule is CCOCCN1CCN(S(=O)(=O)Cc2ccccc2)CC1. The van der Waals surface area contributed by atoms with Gasteiger partial charge in [-0.2, -0.15) is 4.31 Å². The minimum Gasteiger partial charge on any atom is -0.380 e. The van der Waals surface area contributed by atoms with E-state index >= 15 is 0 Å². The first-order chi connectivity index (χ1) is 10.1. The summed E-state index contributed by atoms with van der Waals surface area (Å²) in [5.74, 6) is 0.0901. The van der Waals surface area contributed by atoms with Crippen molar-refractivity contribution < 1.29 is 13.2 Å². The van der Waals surface area contributed by atoms with Crippen LogP contribution in [0.2, 0.25) is 0 Å². The van der Waals surface area contributed by atoms with E-state index in [4.69, 9.17) is 4.74 Å². The van der Waals surface area contributed by atoms with Crippen molar-refractivity contribution in [3.63, 3.8) is 0 Å². The molecule has 1 fully saturated rings. The molecule has 2 rings (SSSR count). The number of piperazine rings is 1. The van der Waals surface area contributed by atoms with Crippen molar-refractivity contribution in [3.05, 3.63) is 35.9 Å². The van der Waals surface area contributed by atoms with E-state index in [1.165, 1.54) is 0 Å². The molecule has 0 amide bonds. The Kier molecular flexibility index (Phi) is 6.17. The van der Waals surface area contributed by atoms with Gasteiger partial charge < -0.3 is 4.74 Å². The maximum atomic E-state index is 12.4. The van der Waals surface area contributed by atoms with E-state index < -0.39 is 10.0 Å². The molecule has 1 aromatic rings. The second kappa shape index (κ2) is 7.89. The average Bonchev–Trinajstić information content (AvgIpc) is 2.49. The lowest BCUT2D eigenvalue weighted by molar-refractivity contribution is 0.0979. The van der Waals surface area contributed by atoms with Gasteiger partial charge in [-0.25, -0.2) is 8.42 Å². The lowest BCUT2D eigenvalue weighted by atomic mass is 10.2. The van der Waals surface area contributed by atoms with Crippen LogP contribution in [0.1, 0.15) is 12.5 Å². The summed E-state index contributed by atoms with van der Waals surface area (Å²) in [5.41, 5.74) is 0.844. The molecule has 21 heavy (non-hydrogen) atoms. The zero-order valence-electron chi connectivity index (χ0n) is 12.6. The molecule has 5 nitrogen and oxygen atoms in total. The maximum absolute atomic E-state index is 12.4. The quantitative estimate of drug-likeness (QED) is 0.709. The van der Waals surface area contributed by atoms with Gasteiger partial charge in [0.05, 0.1) is 12.4 Å². The van der Waals surface area contributed by atoms with Crippen LogP contribution in [0.4, 0.5) is 0 Å². The first-order valence-corrected chi connectivity index (χ1v) is 9.04. The second-order valence-electron chi connectivity index (χ2n) is 5.18. The van der Waals surface area contributed by atoms with Crippen LogP contribution in [0.5, 0.6) is 0 Å².